The van der Waals surface area contributed by atoms with Crippen molar-refractivity contribution in [1.82, 2.24) is 19.9 Å². The van der Waals surface area contributed by atoms with Crippen molar-refractivity contribution in [3.63, 3.8) is 0 Å². The molecule has 0 aromatic carbocycles. The highest BCUT2D eigenvalue weighted by Gasteiger charge is 2.12. The van der Waals surface area contributed by atoms with E-state index in [1.165, 1.54) is 24.0 Å². The predicted molar refractivity (Wildman–Crippen MR) is 71.7 cm³/mol. The number of thiophene rings is 1. The average Bonchev–Trinajstić information content (AvgIpc) is 2.97. The Hall–Kier alpha value is -1.80. The van der Waals surface area contributed by atoms with Gasteiger partial charge in [-0.25, -0.2) is 15.0 Å². The van der Waals surface area contributed by atoms with Gasteiger partial charge in [0.1, 0.15) is 11.8 Å². The summed E-state index contributed by atoms with van der Waals surface area (Å²) in [6.45, 7) is 0. The highest BCUT2D eigenvalue weighted by molar-refractivity contribution is 9.11. The number of fused-ring (bicyclic) bond motifs is 1. The molecule has 3 heterocycles. The second kappa shape index (κ2) is 4.46. The summed E-state index contributed by atoms with van der Waals surface area (Å²) >= 11 is 4.67. The molecule has 0 aliphatic rings. The molecule has 0 spiro atoms. The highest BCUT2D eigenvalue weighted by atomic mass is 79.9. The van der Waals surface area contributed by atoms with Crippen molar-refractivity contribution in [2.45, 2.75) is 0 Å². The van der Waals surface area contributed by atoms with Gasteiger partial charge in [0.15, 0.2) is 11.5 Å². The van der Waals surface area contributed by atoms with Crippen LogP contribution in [0.3, 0.4) is 0 Å². The molecule has 0 aliphatic carbocycles. The lowest BCUT2D eigenvalue weighted by Crippen LogP contribution is -2.11. The maximum Gasteiger partial charge on any atom is 0.266 e. The number of aromatic amines is 1. The molecule has 2 N–H and O–H groups in total. The van der Waals surface area contributed by atoms with E-state index in [1.54, 1.807) is 6.07 Å². The number of anilines is 1. The van der Waals surface area contributed by atoms with Crippen LogP contribution < -0.4 is 5.32 Å². The molecular weight excluding hydrogens is 318 g/mol. The Labute approximate surface area is 114 Å². The van der Waals surface area contributed by atoms with Crippen LogP contribution in [0.5, 0.6) is 0 Å². The van der Waals surface area contributed by atoms with Gasteiger partial charge < -0.3 is 10.3 Å². The lowest BCUT2D eigenvalue weighted by Gasteiger charge is -2.02. The van der Waals surface area contributed by atoms with Crippen LogP contribution in [-0.2, 0) is 0 Å². The van der Waals surface area contributed by atoms with E-state index in [0.29, 0.717) is 21.9 Å². The number of H-pyrrole nitrogens is 1. The molecule has 3 rings (SSSR count). The Bertz CT molecular complexity index is 722. The third-order valence-electron chi connectivity index (χ3n) is 2.25. The molecule has 0 atom stereocenters. The first kappa shape index (κ1) is 11.3. The number of amides is 1. The molecule has 6 nitrogen and oxygen atoms in total. The molecule has 90 valence electrons. The first-order chi connectivity index (χ1) is 8.74. The van der Waals surface area contributed by atoms with E-state index in [0.717, 1.165) is 3.79 Å². The van der Waals surface area contributed by atoms with E-state index in [-0.39, 0.29) is 5.91 Å². The number of nitrogens with zero attached hydrogens (tertiary/aromatic N) is 3. The minimum atomic E-state index is -0.208. The summed E-state index contributed by atoms with van der Waals surface area (Å²) in [5.74, 6) is 0.215. The summed E-state index contributed by atoms with van der Waals surface area (Å²) in [4.78, 5) is 27.5. The number of hydrogen-bond acceptors (Lipinski definition) is 5. The summed E-state index contributed by atoms with van der Waals surface area (Å²) in [6, 6.07) is 3.57. The number of rotatable bonds is 2. The number of imidazole rings is 1. The Morgan fingerprint density at radius 2 is 2.22 bits per heavy atom. The van der Waals surface area contributed by atoms with Crippen LogP contribution in [0.4, 0.5) is 5.82 Å². The quantitative estimate of drug-likeness (QED) is 0.758. The van der Waals surface area contributed by atoms with Gasteiger partial charge in [0, 0.05) is 0 Å². The molecular formula is C10H6BrN5OS. The van der Waals surface area contributed by atoms with E-state index in [4.69, 9.17) is 0 Å². The van der Waals surface area contributed by atoms with E-state index < -0.39 is 0 Å². The summed E-state index contributed by atoms with van der Waals surface area (Å²) in [5.41, 5.74) is 1.13. The molecule has 0 bridgehead atoms. The maximum atomic E-state index is 12.0. The van der Waals surface area contributed by atoms with E-state index in [2.05, 4.69) is 41.2 Å². The predicted octanol–water partition coefficient (Wildman–Crippen LogP) is 2.43. The van der Waals surface area contributed by atoms with E-state index in [9.17, 15) is 4.79 Å². The van der Waals surface area contributed by atoms with Gasteiger partial charge in [-0.2, -0.15) is 0 Å². The van der Waals surface area contributed by atoms with Gasteiger partial charge in [0.2, 0.25) is 0 Å². The Morgan fingerprint density at radius 3 is 3.00 bits per heavy atom. The molecule has 0 aliphatic heterocycles. The monoisotopic (exact) mass is 323 g/mol. The van der Waals surface area contributed by atoms with Crippen molar-refractivity contribution in [1.29, 1.82) is 0 Å². The number of carbonyl (C=O) groups is 1. The van der Waals surface area contributed by atoms with Gasteiger partial charge in [-0.1, -0.05) is 0 Å². The van der Waals surface area contributed by atoms with Crippen LogP contribution in [0.25, 0.3) is 11.2 Å². The minimum Gasteiger partial charge on any atom is -0.340 e. The average molecular weight is 324 g/mol. The minimum absolute atomic E-state index is 0.208. The fraction of sp³-hybridized carbons (Fsp3) is 0. The molecule has 0 fully saturated rings. The van der Waals surface area contributed by atoms with Crippen molar-refractivity contribution in [3.05, 3.63) is 33.5 Å². The van der Waals surface area contributed by atoms with Crippen LogP contribution in [0.1, 0.15) is 9.67 Å². The van der Waals surface area contributed by atoms with Crippen LogP contribution in [0, 0.1) is 0 Å². The first-order valence-electron chi connectivity index (χ1n) is 4.95. The number of aromatic nitrogens is 4. The van der Waals surface area contributed by atoms with Gasteiger partial charge >= 0.3 is 0 Å². The van der Waals surface area contributed by atoms with Gasteiger partial charge in [-0.15, -0.1) is 11.3 Å². The Balaban J connectivity index is 1.92. The summed E-state index contributed by atoms with van der Waals surface area (Å²) in [5, 5.41) is 2.73. The third kappa shape index (κ3) is 2.00. The standard InChI is InChI=1S/C10H6BrN5OS/c11-6-2-1-5(18-6)10(17)16-9-7-8(13-3-12-7)14-4-15-9/h1-4H,(H2,12,13,14,15,16,17). The molecule has 0 saturated carbocycles. The van der Waals surface area contributed by atoms with Crippen molar-refractivity contribution in [2.75, 3.05) is 5.32 Å². The van der Waals surface area contributed by atoms with Crippen molar-refractivity contribution >= 4 is 50.2 Å². The van der Waals surface area contributed by atoms with Crippen molar-refractivity contribution in [2.24, 2.45) is 0 Å². The highest BCUT2D eigenvalue weighted by Crippen LogP contribution is 2.23. The molecule has 0 saturated heterocycles. The van der Waals surface area contributed by atoms with Crippen LogP contribution >= 0.6 is 27.3 Å². The third-order valence-corrected chi connectivity index (χ3v) is 3.87. The Morgan fingerprint density at radius 1 is 1.33 bits per heavy atom. The zero-order valence-corrected chi connectivity index (χ0v) is 11.2. The lowest BCUT2D eigenvalue weighted by atomic mass is 10.4. The molecule has 3 aromatic heterocycles. The molecule has 0 unspecified atom stereocenters. The van der Waals surface area contributed by atoms with Crippen molar-refractivity contribution in [3.8, 4) is 0 Å². The van der Waals surface area contributed by atoms with Gasteiger partial charge in [0.05, 0.1) is 15.0 Å². The normalized spacial score (nSPS) is 10.7. The number of halogens is 1. The smallest absolute Gasteiger partial charge is 0.266 e. The molecule has 8 heteroatoms. The Kier molecular flexibility index (Phi) is 2.80. The van der Waals surface area contributed by atoms with Crippen molar-refractivity contribution < 1.29 is 4.79 Å². The lowest BCUT2D eigenvalue weighted by molar-refractivity contribution is 0.103. The zero-order chi connectivity index (χ0) is 12.5. The van der Waals surface area contributed by atoms with Gasteiger partial charge in [0.25, 0.3) is 5.91 Å². The fourth-order valence-corrected chi connectivity index (χ4v) is 2.75. The largest absolute Gasteiger partial charge is 0.340 e. The van der Waals surface area contributed by atoms with Gasteiger partial charge in [-0.3, -0.25) is 4.79 Å². The summed E-state index contributed by atoms with van der Waals surface area (Å²) < 4.78 is 0.905. The molecule has 1 amide bonds. The number of carbonyl (C=O) groups excluding carboxylic acids is 1. The van der Waals surface area contributed by atoms with E-state index in [1.807, 2.05) is 6.07 Å². The maximum absolute atomic E-state index is 12.0. The zero-order valence-electron chi connectivity index (χ0n) is 8.85. The molecule has 3 aromatic rings. The summed E-state index contributed by atoms with van der Waals surface area (Å²) in [6.07, 6.45) is 2.87. The second-order valence-corrected chi connectivity index (χ2v) is 5.84. The molecule has 18 heavy (non-hydrogen) atoms. The molecule has 0 radical (unpaired) electrons. The van der Waals surface area contributed by atoms with Gasteiger partial charge in [-0.05, 0) is 28.1 Å². The summed E-state index contributed by atoms with van der Waals surface area (Å²) in [7, 11) is 0. The fourth-order valence-electron chi connectivity index (χ4n) is 1.47. The number of hydrogen-bond donors (Lipinski definition) is 2. The SMILES string of the molecule is O=C(Nc1ncnc2nc[nH]c12)c1ccc(Br)s1. The number of nitrogens with one attached hydrogen (secondary N) is 2. The van der Waals surface area contributed by atoms with Crippen LogP contribution in [0.15, 0.2) is 28.6 Å². The van der Waals surface area contributed by atoms with E-state index >= 15 is 0 Å². The topological polar surface area (TPSA) is 83.6 Å². The van der Waals surface area contributed by atoms with Crippen LogP contribution in [0.2, 0.25) is 0 Å². The first-order valence-corrected chi connectivity index (χ1v) is 6.56. The van der Waals surface area contributed by atoms with Crippen LogP contribution in [-0.4, -0.2) is 25.8 Å². The second-order valence-electron chi connectivity index (χ2n) is 3.38.